The van der Waals surface area contributed by atoms with Gasteiger partial charge in [0, 0.05) is 35.2 Å². The van der Waals surface area contributed by atoms with Crippen LogP contribution in [0.1, 0.15) is 36.1 Å². The first-order chi connectivity index (χ1) is 9.12. The van der Waals surface area contributed by atoms with Crippen molar-refractivity contribution in [2.24, 2.45) is 0 Å². The van der Waals surface area contributed by atoms with E-state index in [0.717, 1.165) is 35.7 Å². The van der Waals surface area contributed by atoms with Crippen LogP contribution in [0.2, 0.25) is 0 Å². The molecule has 0 aromatic carbocycles. The summed E-state index contributed by atoms with van der Waals surface area (Å²) in [6, 6.07) is 0. The summed E-state index contributed by atoms with van der Waals surface area (Å²) in [5.74, 6) is 0.968. The number of rotatable bonds is 6. The fourth-order valence-corrected chi connectivity index (χ4v) is 3.63. The van der Waals surface area contributed by atoms with Gasteiger partial charge in [0.15, 0.2) is 0 Å². The van der Waals surface area contributed by atoms with Crippen molar-refractivity contribution in [1.82, 2.24) is 10.3 Å². The summed E-state index contributed by atoms with van der Waals surface area (Å²) >= 11 is 2.00. The second-order valence-electron chi connectivity index (χ2n) is 5.39. The third kappa shape index (κ3) is 3.06. The van der Waals surface area contributed by atoms with Gasteiger partial charge in [-0.15, -0.1) is 0 Å². The molecule has 0 aliphatic heterocycles. The summed E-state index contributed by atoms with van der Waals surface area (Å²) in [4.78, 5) is 4.53. The molecule has 0 radical (unpaired) electrons. The molecule has 0 saturated heterocycles. The number of aromatic nitrogens is 1. The summed E-state index contributed by atoms with van der Waals surface area (Å²) in [5.41, 5.74) is 3.35. The van der Waals surface area contributed by atoms with E-state index in [1.165, 1.54) is 19.3 Å². The van der Waals surface area contributed by atoms with Crippen LogP contribution in [-0.4, -0.2) is 29.6 Å². The second-order valence-corrected chi connectivity index (χ2v) is 6.66. The second kappa shape index (κ2) is 6.14. The van der Waals surface area contributed by atoms with Gasteiger partial charge in [0.1, 0.15) is 5.75 Å². The van der Waals surface area contributed by atoms with Crippen LogP contribution in [0, 0.1) is 13.8 Å². The first kappa shape index (κ1) is 14.7. The monoisotopic (exact) mass is 280 g/mol. The molecule has 1 aliphatic carbocycles. The fraction of sp³-hybridized carbons (Fsp3) is 0.667. The Labute approximate surface area is 120 Å². The lowest BCUT2D eigenvalue weighted by Gasteiger charge is -2.40. The number of pyridine rings is 1. The minimum atomic E-state index is 0.475. The van der Waals surface area contributed by atoms with Gasteiger partial charge in [-0.25, -0.2) is 0 Å². The van der Waals surface area contributed by atoms with E-state index in [4.69, 9.17) is 4.74 Å². The van der Waals surface area contributed by atoms with Gasteiger partial charge in [0.25, 0.3) is 0 Å². The average Bonchev–Trinajstić information content (AvgIpc) is 2.36. The molecule has 1 aromatic rings. The molecule has 1 N–H and O–H groups in total. The highest BCUT2D eigenvalue weighted by atomic mass is 32.2. The van der Waals surface area contributed by atoms with E-state index in [0.29, 0.717) is 4.75 Å². The molecule has 1 aliphatic rings. The van der Waals surface area contributed by atoms with Gasteiger partial charge in [0.05, 0.1) is 12.8 Å². The SMILES string of the molecule is COc1c(C)cnc(CNCC2(SC)CCC2)c1C. The zero-order valence-corrected chi connectivity index (χ0v) is 13.2. The highest BCUT2D eigenvalue weighted by Gasteiger charge is 2.35. The van der Waals surface area contributed by atoms with E-state index >= 15 is 0 Å². The topological polar surface area (TPSA) is 34.1 Å². The van der Waals surface area contributed by atoms with Crippen LogP contribution in [0.3, 0.4) is 0 Å². The van der Waals surface area contributed by atoms with E-state index in [1.807, 2.05) is 24.9 Å². The minimum Gasteiger partial charge on any atom is -0.496 e. The highest BCUT2D eigenvalue weighted by Crippen LogP contribution is 2.42. The number of methoxy groups -OCH3 is 1. The molecule has 0 bridgehead atoms. The minimum absolute atomic E-state index is 0.475. The van der Waals surface area contributed by atoms with Crippen LogP contribution in [0.15, 0.2) is 6.20 Å². The van der Waals surface area contributed by atoms with Crippen LogP contribution >= 0.6 is 11.8 Å². The van der Waals surface area contributed by atoms with Crippen molar-refractivity contribution in [3.63, 3.8) is 0 Å². The Morgan fingerprint density at radius 2 is 2.16 bits per heavy atom. The van der Waals surface area contributed by atoms with Crippen molar-refractivity contribution in [3.05, 3.63) is 23.0 Å². The quantitative estimate of drug-likeness (QED) is 0.868. The number of hydrogen-bond donors (Lipinski definition) is 1. The number of thioether (sulfide) groups is 1. The molecule has 1 fully saturated rings. The normalized spacial score (nSPS) is 17.1. The van der Waals surface area contributed by atoms with Crippen molar-refractivity contribution in [2.75, 3.05) is 19.9 Å². The molecular formula is C15H24N2OS. The van der Waals surface area contributed by atoms with Crippen molar-refractivity contribution in [3.8, 4) is 5.75 Å². The predicted octanol–water partition coefficient (Wildman–Crippen LogP) is 3.08. The first-order valence-corrected chi connectivity index (χ1v) is 8.09. The summed E-state index contributed by atoms with van der Waals surface area (Å²) in [5, 5.41) is 3.57. The zero-order chi connectivity index (χ0) is 13.9. The lowest BCUT2D eigenvalue weighted by atomic mass is 9.84. The largest absolute Gasteiger partial charge is 0.496 e. The third-order valence-corrected chi connectivity index (χ3v) is 5.61. The Morgan fingerprint density at radius 1 is 1.42 bits per heavy atom. The summed E-state index contributed by atoms with van der Waals surface area (Å²) in [6.07, 6.45) is 8.17. The maximum absolute atomic E-state index is 5.45. The molecule has 4 heteroatoms. The zero-order valence-electron chi connectivity index (χ0n) is 12.4. The van der Waals surface area contributed by atoms with Gasteiger partial charge >= 0.3 is 0 Å². The first-order valence-electron chi connectivity index (χ1n) is 6.87. The van der Waals surface area contributed by atoms with Gasteiger partial charge in [-0.1, -0.05) is 6.42 Å². The van der Waals surface area contributed by atoms with E-state index in [9.17, 15) is 0 Å². The number of nitrogens with one attached hydrogen (secondary N) is 1. The fourth-order valence-electron chi connectivity index (χ4n) is 2.68. The molecule has 19 heavy (non-hydrogen) atoms. The third-order valence-electron chi connectivity index (χ3n) is 4.19. The maximum Gasteiger partial charge on any atom is 0.128 e. The van der Waals surface area contributed by atoms with Crippen molar-refractivity contribution >= 4 is 11.8 Å². The van der Waals surface area contributed by atoms with E-state index in [2.05, 4.69) is 23.5 Å². The van der Waals surface area contributed by atoms with Crippen LogP contribution in [-0.2, 0) is 6.54 Å². The molecule has 1 saturated carbocycles. The van der Waals surface area contributed by atoms with E-state index < -0.39 is 0 Å². The van der Waals surface area contributed by atoms with Crippen LogP contribution < -0.4 is 10.1 Å². The summed E-state index contributed by atoms with van der Waals surface area (Å²) in [6.45, 7) is 6.02. The van der Waals surface area contributed by atoms with E-state index in [1.54, 1.807) is 7.11 Å². The lowest BCUT2D eigenvalue weighted by Crippen LogP contribution is -2.43. The number of hydrogen-bond acceptors (Lipinski definition) is 4. The average molecular weight is 280 g/mol. The van der Waals surface area contributed by atoms with Crippen molar-refractivity contribution in [2.45, 2.75) is 44.4 Å². The van der Waals surface area contributed by atoms with Crippen LogP contribution in [0.25, 0.3) is 0 Å². The molecule has 0 atom stereocenters. The van der Waals surface area contributed by atoms with Crippen molar-refractivity contribution < 1.29 is 4.74 Å². The molecule has 106 valence electrons. The lowest BCUT2D eigenvalue weighted by molar-refractivity contribution is 0.344. The molecule has 1 aromatic heterocycles. The molecule has 3 nitrogen and oxygen atoms in total. The predicted molar refractivity (Wildman–Crippen MR) is 82.1 cm³/mol. The maximum atomic E-state index is 5.45. The Kier molecular flexibility index (Phi) is 4.74. The highest BCUT2D eigenvalue weighted by molar-refractivity contribution is 8.00. The Bertz CT molecular complexity index is 439. The number of aryl methyl sites for hydroxylation is 1. The Morgan fingerprint density at radius 3 is 2.68 bits per heavy atom. The molecule has 0 spiro atoms. The summed E-state index contributed by atoms with van der Waals surface area (Å²) in [7, 11) is 1.73. The Balaban J connectivity index is 1.96. The molecule has 0 amide bonds. The van der Waals surface area contributed by atoms with Gasteiger partial charge in [0.2, 0.25) is 0 Å². The van der Waals surface area contributed by atoms with E-state index in [-0.39, 0.29) is 0 Å². The van der Waals surface area contributed by atoms with Crippen LogP contribution in [0.4, 0.5) is 0 Å². The van der Waals surface area contributed by atoms with Crippen molar-refractivity contribution in [1.29, 1.82) is 0 Å². The van der Waals surface area contributed by atoms with Gasteiger partial charge in [-0.05, 0) is 32.9 Å². The number of nitrogens with zero attached hydrogens (tertiary/aromatic N) is 1. The molecular weight excluding hydrogens is 256 g/mol. The van der Waals surface area contributed by atoms with Gasteiger partial charge in [-0.2, -0.15) is 11.8 Å². The molecule has 2 rings (SSSR count). The smallest absolute Gasteiger partial charge is 0.128 e. The Hall–Kier alpha value is -0.740. The molecule has 1 heterocycles. The van der Waals surface area contributed by atoms with Gasteiger partial charge < -0.3 is 10.1 Å². The number of ether oxygens (including phenoxy) is 1. The summed E-state index contributed by atoms with van der Waals surface area (Å²) < 4.78 is 5.92. The molecule has 0 unspecified atom stereocenters. The standard InChI is InChI=1S/C15H24N2OS/c1-11-8-17-13(12(2)14(11)18-3)9-16-10-15(19-4)6-5-7-15/h8,16H,5-7,9-10H2,1-4H3. The van der Waals surface area contributed by atoms with Gasteiger partial charge in [-0.3, -0.25) is 4.98 Å². The van der Waals surface area contributed by atoms with Crippen LogP contribution in [0.5, 0.6) is 5.75 Å².